The predicted molar refractivity (Wildman–Crippen MR) is 105 cm³/mol. The molecule has 2 rings (SSSR count). The molecule has 0 aliphatic carbocycles. The maximum atomic E-state index is 12.0. The lowest BCUT2D eigenvalue weighted by Crippen LogP contribution is -2.28. The summed E-state index contributed by atoms with van der Waals surface area (Å²) in [5.74, 6) is -0.0181. The van der Waals surface area contributed by atoms with E-state index >= 15 is 0 Å². The summed E-state index contributed by atoms with van der Waals surface area (Å²) in [7, 11) is 2.80. The van der Waals surface area contributed by atoms with Crippen molar-refractivity contribution in [2.24, 2.45) is 0 Å². The maximum Gasteiger partial charge on any atom is 0.412 e. The van der Waals surface area contributed by atoms with Crippen molar-refractivity contribution < 1.29 is 23.8 Å². The number of esters is 1. The van der Waals surface area contributed by atoms with Crippen LogP contribution in [0.4, 0.5) is 4.79 Å². The van der Waals surface area contributed by atoms with Gasteiger partial charge < -0.3 is 14.2 Å². The second-order valence-electron chi connectivity index (χ2n) is 5.10. The molecule has 6 nitrogen and oxygen atoms in total. The zero-order chi connectivity index (χ0) is 18.9. The Morgan fingerprint density at radius 1 is 1.08 bits per heavy atom. The molecule has 1 N–H and O–H groups in total. The fourth-order valence-corrected chi connectivity index (χ4v) is 2.81. The second-order valence-corrected chi connectivity index (χ2v) is 6.18. The Bertz CT molecular complexity index is 805. The van der Waals surface area contributed by atoms with Gasteiger partial charge in [0.15, 0.2) is 0 Å². The highest BCUT2D eigenvalue weighted by atomic mass is 127. The van der Waals surface area contributed by atoms with Crippen LogP contribution < -0.4 is 10.1 Å². The first-order valence-electron chi connectivity index (χ1n) is 7.65. The van der Waals surface area contributed by atoms with Gasteiger partial charge in [0.05, 0.1) is 17.8 Å². The molecule has 2 aromatic rings. The zero-order valence-electron chi connectivity index (χ0n) is 14.3. The molecular weight excluding hydrogens is 449 g/mol. The lowest BCUT2D eigenvalue weighted by molar-refractivity contribution is -0.136. The highest BCUT2D eigenvalue weighted by Crippen LogP contribution is 2.25. The Labute approximate surface area is 165 Å². The van der Waals surface area contributed by atoms with E-state index in [1.54, 1.807) is 25.3 Å². The Balaban J connectivity index is 2.14. The van der Waals surface area contributed by atoms with Crippen LogP contribution in [-0.4, -0.2) is 26.3 Å². The van der Waals surface area contributed by atoms with Crippen molar-refractivity contribution in [3.63, 3.8) is 0 Å². The predicted octanol–water partition coefficient (Wildman–Crippen LogP) is 3.74. The average molecular weight is 467 g/mol. The first-order valence-corrected chi connectivity index (χ1v) is 8.73. The molecule has 0 bridgehead atoms. The molecule has 136 valence electrons. The Hall–Kier alpha value is -2.55. The van der Waals surface area contributed by atoms with Crippen LogP contribution in [0.1, 0.15) is 11.1 Å². The Morgan fingerprint density at radius 2 is 1.81 bits per heavy atom. The van der Waals surface area contributed by atoms with Gasteiger partial charge in [-0.2, -0.15) is 0 Å². The van der Waals surface area contributed by atoms with E-state index < -0.39 is 12.1 Å². The molecule has 0 spiro atoms. The Kier molecular flexibility index (Phi) is 7.46. The summed E-state index contributed by atoms with van der Waals surface area (Å²) >= 11 is 2.10. The number of hydrogen-bond acceptors (Lipinski definition) is 5. The molecule has 0 radical (unpaired) electrons. The highest BCUT2D eigenvalue weighted by molar-refractivity contribution is 14.1. The molecule has 0 unspecified atom stereocenters. The fourth-order valence-electron chi connectivity index (χ4n) is 2.08. The maximum absolute atomic E-state index is 12.0. The number of ether oxygens (including phenoxy) is 3. The number of carbonyl (C=O) groups is 2. The third kappa shape index (κ3) is 5.48. The first kappa shape index (κ1) is 19.8. The number of halogens is 1. The molecule has 0 aliphatic heterocycles. The van der Waals surface area contributed by atoms with Gasteiger partial charge in [0.2, 0.25) is 0 Å². The van der Waals surface area contributed by atoms with Crippen molar-refractivity contribution in [1.82, 2.24) is 5.32 Å². The lowest BCUT2D eigenvalue weighted by atomic mass is 10.2. The number of rotatable bonds is 6. The summed E-state index contributed by atoms with van der Waals surface area (Å²) in [6.07, 6.45) is 0.767. The van der Waals surface area contributed by atoms with Gasteiger partial charge in [-0.1, -0.05) is 42.5 Å². The summed E-state index contributed by atoms with van der Waals surface area (Å²) in [6, 6.07) is 14.6. The average Bonchev–Trinajstić information content (AvgIpc) is 2.67. The molecule has 1 amide bonds. The molecule has 26 heavy (non-hydrogen) atoms. The van der Waals surface area contributed by atoms with E-state index in [9.17, 15) is 9.59 Å². The van der Waals surface area contributed by atoms with Gasteiger partial charge in [-0.05, 0) is 45.9 Å². The minimum absolute atomic E-state index is 0.0308. The van der Waals surface area contributed by atoms with Crippen LogP contribution in [0.2, 0.25) is 0 Å². The third-order valence-electron chi connectivity index (χ3n) is 3.37. The number of nitrogens with one attached hydrogen (secondary N) is 1. The van der Waals surface area contributed by atoms with Crippen LogP contribution in [0.15, 0.2) is 54.2 Å². The van der Waals surface area contributed by atoms with Gasteiger partial charge in [0, 0.05) is 0 Å². The van der Waals surface area contributed by atoms with Crippen LogP contribution in [0.5, 0.6) is 5.75 Å². The molecule has 0 aromatic heterocycles. The number of alkyl carbamates (subject to hydrolysis) is 1. The number of amides is 1. The second kappa shape index (κ2) is 9.81. The van der Waals surface area contributed by atoms with Crippen molar-refractivity contribution in [3.05, 3.63) is 68.9 Å². The normalized spacial score (nSPS) is 10.8. The van der Waals surface area contributed by atoms with Crippen molar-refractivity contribution in [3.8, 4) is 5.75 Å². The fraction of sp³-hybridized carbons (Fsp3) is 0.158. The largest absolute Gasteiger partial charge is 0.496 e. The third-order valence-corrected chi connectivity index (χ3v) is 4.52. The highest BCUT2D eigenvalue weighted by Gasteiger charge is 2.16. The van der Waals surface area contributed by atoms with Gasteiger partial charge in [-0.25, -0.2) is 9.59 Å². The quantitative estimate of drug-likeness (QED) is 0.398. The van der Waals surface area contributed by atoms with E-state index in [2.05, 4.69) is 27.9 Å². The molecule has 0 aliphatic rings. The summed E-state index contributed by atoms with van der Waals surface area (Å²) in [4.78, 5) is 24.0. The first-order chi connectivity index (χ1) is 12.5. The molecule has 0 atom stereocenters. The van der Waals surface area contributed by atoms with Crippen molar-refractivity contribution in [2.75, 3.05) is 14.2 Å². The van der Waals surface area contributed by atoms with E-state index in [1.807, 2.05) is 30.3 Å². The summed E-state index contributed by atoms with van der Waals surface area (Å²) in [6.45, 7) is 0.0951. The van der Waals surface area contributed by atoms with Gasteiger partial charge >= 0.3 is 12.1 Å². The van der Waals surface area contributed by atoms with Crippen molar-refractivity contribution >= 4 is 40.7 Å². The zero-order valence-corrected chi connectivity index (χ0v) is 16.5. The minimum Gasteiger partial charge on any atom is -0.496 e. The molecule has 0 heterocycles. The van der Waals surface area contributed by atoms with E-state index in [0.717, 1.165) is 9.13 Å². The van der Waals surface area contributed by atoms with Gasteiger partial charge in [-0.15, -0.1) is 0 Å². The number of benzene rings is 2. The molecule has 0 saturated carbocycles. The Morgan fingerprint density at radius 3 is 2.46 bits per heavy atom. The topological polar surface area (TPSA) is 73.9 Å². The van der Waals surface area contributed by atoms with Crippen molar-refractivity contribution in [1.29, 1.82) is 0 Å². The van der Waals surface area contributed by atoms with Crippen LogP contribution in [0.25, 0.3) is 6.08 Å². The van der Waals surface area contributed by atoms with E-state index in [4.69, 9.17) is 14.2 Å². The van der Waals surface area contributed by atoms with Gasteiger partial charge in [0.1, 0.15) is 18.1 Å². The SMILES string of the molecule is COC(=O)/C(=C/c1cccc(OC)c1I)NC(=O)OCc1ccccc1. The monoisotopic (exact) mass is 467 g/mol. The summed E-state index contributed by atoms with van der Waals surface area (Å²) < 4.78 is 15.9. The molecule has 7 heteroatoms. The van der Waals surface area contributed by atoms with Crippen LogP contribution in [0.3, 0.4) is 0 Å². The standard InChI is InChI=1S/C19H18INO5/c1-24-16-10-6-9-14(17(16)20)11-15(18(22)25-2)21-19(23)26-12-13-7-4-3-5-8-13/h3-11H,12H2,1-2H3,(H,21,23)/b15-11-. The van der Waals surface area contributed by atoms with E-state index in [-0.39, 0.29) is 12.3 Å². The molecular formula is C19H18INO5. The van der Waals surface area contributed by atoms with Crippen LogP contribution >= 0.6 is 22.6 Å². The minimum atomic E-state index is -0.747. The molecule has 2 aromatic carbocycles. The summed E-state index contributed by atoms with van der Waals surface area (Å²) in [5, 5.41) is 2.43. The van der Waals surface area contributed by atoms with Crippen LogP contribution in [0, 0.1) is 3.57 Å². The number of carbonyl (C=O) groups excluding carboxylic acids is 2. The summed E-state index contributed by atoms with van der Waals surface area (Å²) in [5.41, 5.74) is 1.51. The lowest BCUT2D eigenvalue weighted by Gasteiger charge is -2.11. The molecule has 0 fully saturated rings. The van der Waals surface area contributed by atoms with E-state index in [0.29, 0.717) is 11.3 Å². The van der Waals surface area contributed by atoms with Crippen LogP contribution in [-0.2, 0) is 20.9 Å². The number of hydrogen-bond donors (Lipinski definition) is 1. The molecule has 0 saturated heterocycles. The smallest absolute Gasteiger partial charge is 0.412 e. The number of methoxy groups -OCH3 is 2. The van der Waals surface area contributed by atoms with Crippen molar-refractivity contribution in [2.45, 2.75) is 6.61 Å². The van der Waals surface area contributed by atoms with Gasteiger partial charge in [0.25, 0.3) is 0 Å². The van der Waals surface area contributed by atoms with E-state index in [1.165, 1.54) is 13.2 Å². The van der Waals surface area contributed by atoms with Gasteiger partial charge in [-0.3, -0.25) is 5.32 Å².